The molecule has 592 valence electrons. The number of esters is 3. The van der Waals surface area contributed by atoms with Gasteiger partial charge in [0.05, 0.1) is 26.4 Å². The van der Waals surface area contributed by atoms with Gasteiger partial charge >= 0.3 is 33.6 Å². The van der Waals surface area contributed by atoms with E-state index in [2.05, 4.69) is 154 Å². The highest BCUT2D eigenvalue weighted by molar-refractivity contribution is 7.47. The number of phosphoric acid groups is 2. The summed E-state index contributed by atoms with van der Waals surface area (Å²) in [7, 11) is -9.79. The number of hydrogen-bond donors (Lipinski definition) is 4. The molecule has 0 aromatic heterocycles. The first-order chi connectivity index (χ1) is 50.2. The molecule has 0 aromatic carbocycles. The Morgan fingerprint density at radius 3 is 0.825 bits per heavy atom. The summed E-state index contributed by atoms with van der Waals surface area (Å²) in [6.07, 6.45) is 93.8. The Morgan fingerprint density at radius 1 is 0.282 bits per heavy atom. The molecule has 18 heteroatoms. The second-order valence-corrected chi connectivity index (χ2v) is 29.7. The zero-order chi connectivity index (χ0) is 75.2. The van der Waals surface area contributed by atoms with E-state index in [0.29, 0.717) is 19.3 Å². The molecule has 0 radical (unpaired) electrons. The fourth-order valence-electron chi connectivity index (χ4n) is 10.7. The highest BCUT2D eigenvalue weighted by Gasteiger charge is 2.29. The Morgan fingerprint density at radius 2 is 0.515 bits per heavy atom. The first kappa shape index (κ1) is 98.7. The van der Waals surface area contributed by atoms with Gasteiger partial charge in [0, 0.05) is 19.3 Å². The van der Waals surface area contributed by atoms with Crippen LogP contribution in [0.2, 0.25) is 0 Å². The summed E-state index contributed by atoms with van der Waals surface area (Å²) in [5.74, 6) is -1.60. The highest BCUT2D eigenvalue weighted by atomic mass is 31.2. The average molecular weight is 1490 g/mol. The van der Waals surface area contributed by atoms with E-state index in [9.17, 15) is 43.5 Å². The van der Waals surface area contributed by atoms with Crippen LogP contribution < -0.4 is 0 Å². The zero-order valence-electron chi connectivity index (χ0n) is 64.7. The number of allylic oxidation sites excluding steroid dienone is 22. The van der Waals surface area contributed by atoms with Crippen LogP contribution in [0, 0.1) is 0 Å². The molecule has 0 aliphatic carbocycles. The van der Waals surface area contributed by atoms with E-state index in [1.807, 2.05) is 0 Å². The van der Waals surface area contributed by atoms with Crippen LogP contribution in [0.1, 0.15) is 329 Å². The van der Waals surface area contributed by atoms with Crippen molar-refractivity contribution in [2.75, 3.05) is 39.6 Å². The predicted octanol–water partition coefficient (Wildman–Crippen LogP) is 23.9. The van der Waals surface area contributed by atoms with Gasteiger partial charge < -0.3 is 34.2 Å². The van der Waals surface area contributed by atoms with Gasteiger partial charge in [-0.05, 0) is 135 Å². The van der Waals surface area contributed by atoms with Crippen LogP contribution in [0.4, 0.5) is 0 Å². The molecule has 0 spiro atoms. The molecule has 0 fully saturated rings. The van der Waals surface area contributed by atoms with E-state index >= 15 is 0 Å². The number of unbranched alkanes of at least 4 members (excludes halogenated alkanes) is 31. The number of aliphatic hydroxyl groups excluding tert-OH is 2. The van der Waals surface area contributed by atoms with Gasteiger partial charge in [0.15, 0.2) is 6.10 Å². The maximum absolute atomic E-state index is 12.9. The van der Waals surface area contributed by atoms with Gasteiger partial charge in [-0.15, -0.1) is 0 Å². The van der Waals surface area contributed by atoms with E-state index in [0.717, 1.165) is 161 Å². The fourth-order valence-corrected chi connectivity index (χ4v) is 12.3. The summed E-state index contributed by atoms with van der Waals surface area (Å²) in [5.41, 5.74) is 0. The number of aliphatic hydroxyl groups is 2. The van der Waals surface area contributed by atoms with Crippen LogP contribution in [0.5, 0.6) is 0 Å². The number of carbonyl (C=O) groups excluding carboxylic acids is 3. The molecule has 103 heavy (non-hydrogen) atoms. The van der Waals surface area contributed by atoms with Crippen molar-refractivity contribution in [1.82, 2.24) is 0 Å². The van der Waals surface area contributed by atoms with Crippen LogP contribution in [-0.2, 0) is 55.8 Å². The van der Waals surface area contributed by atoms with Crippen LogP contribution in [0.25, 0.3) is 0 Å². The van der Waals surface area contributed by atoms with E-state index in [-0.39, 0.29) is 19.3 Å². The lowest BCUT2D eigenvalue weighted by atomic mass is 10.0. The van der Waals surface area contributed by atoms with Crippen LogP contribution in [-0.4, -0.2) is 95.9 Å². The lowest BCUT2D eigenvalue weighted by Gasteiger charge is -2.21. The molecule has 0 saturated carbocycles. The summed E-state index contributed by atoms with van der Waals surface area (Å²) < 4.78 is 61.1. The zero-order valence-corrected chi connectivity index (χ0v) is 66.5. The Hall–Kier alpha value is -4.31. The summed E-state index contributed by atoms with van der Waals surface area (Å²) in [5, 5.41) is 20.6. The Labute approximate surface area is 626 Å². The van der Waals surface area contributed by atoms with Crippen molar-refractivity contribution in [3.8, 4) is 0 Å². The summed E-state index contributed by atoms with van der Waals surface area (Å²) in [6, 6.07) is 0. The number of rotatable bonds is 76. The first-order valence-electron chi connectivity index (χ1n) is 40.5. The van der Waals surface area contributed by atoms with Crippen LogP contribution in [0.15, 0.2) is 134 Å². The molecule has 0 rings (SSSR count). The molecule has 0 aliphatic heterocycles. The molecule has 5 unspecified atom stereocenters. The molecule has 0 aromatic rings. The van der Waals surface area contributed by atoms with E-state index in [4.69, 9.17) is 32.3 Å². The van der Waals surface area contributed by atoms with Gasteiger partial charge in [-0.2, -0.15) is 0 Å². The van der Waals surface area contributed by atoms with Gasteiger partial charge in [0.2, 0.25) is 0 Å². The molecule has 16 nitrogen and oxygen atoms in total. The van der Waals surface area contributed by atoms with Crippen molar-refractivity contribution in [2.24, 2.45) is 0 Å². The van der Waals surface area contributed by atoms with Gasteiger partial charge in [-0.1, -0.05) is 309 Å². The standard InChI is InChI=1S/C85H146O16P2/c1-4-7-10-13-16-19-22-25-27-29-31-32-33-34-35-36-37-38-39-40-41-42-43-44-45-46-48-50-51-54-56-59-62-65-68-71-83(88)95-74-80(86)75-97-102(91,92)98-76-81(87)77-99-103(93,94)100-79-82(101-85(90)73-70-67-64-61-58-53-24-21-18-15-12-9-6-3)78-96-84(89)72-69-66-63-60-57-55-52-49-47-30-28-26-23-20-17-14-11-8-5-2/h7-8,10-11,16-17,19-21,24-28,31-32,34-35,37-38,47,49,80-82,86-87H,4-6,9,12-15,18,22-23,29-30,33,36,39-46,48,50-79H2,1-3H3,(H,91,92)(H,93,94)/b10-7-,11-8-,19-16-,20-17-,24-21-,27-25-,28-26-,32-31-,35-34-,38-37-,49-47-. The third-order valence-electron chi connectivity index (χ3n) is 16.8. The lowest BCUT2D eigenvalue weighted by Crippen LogP contribution is -2.30. The van der Waals surface area contributed by atoms with E-state index in [1.165, 1.54) is 109 Å². The van der Waals surface area contributed by atoms with Gasteiger partial charge in [-0.25, -0.2) is 9.13 Å². The lowest BCUT2D eigenvalue weighted by molar-refractivity contribution is -0.161. The summed E-state index contributed by atoms with van der Waals surface area (Å²) >= 11 is 0. The third-order valence-corrected chi connectivity index (χ3v) is 18.7. The summed E-state index contributed by atoms with van der Waals surface area (Å²) in [6.45, 7) is 2.43. The van der Waals surface area contributed by atoms with Crippen LogP contribution in [0.3, 0.4) is 0 Å². The van der Waals surface area contributed by atoms with E-state index in [1.54, 1.807) is 0 Å². The fraction of sp³-hybridized carbons (Fsp3) is 0.706. The molecular formula is C85H146O16P2. The molecule has 0 bridgehead atoms. The Bertz CT molecular complexity index is 2410. The second kappa shape index (κ2) is 77.3. The van der Waals surface area contributed by atoms with Gasteiger partial charge in [0.25, 0.3) is 0 Å². The monoisotopic (exact) mass is 1490 g/mol. The maximum atomic E-state index is 12.9. The maximum Gasteiger partial charge on any atom is 0.472 e. The minimum atomic E-state index is -4.93. The molecule has 4 N–H and O–H groups in total. The van der Waals surface area contributed by atoms with Crippen molar-refractivity contribution in [3.05, 3.63) is 134 Å². The molecule has 0 heterocycles. The first-order valence-corrected chi connectivity index (χ1v) is 43.5. The van der Waals surface area contributed by atoms with Gasteiger partial charge in [0.1, 0.15) is 25.4 Å². The number of phosphoric ester groups is 2. The molecule has 0 amide bonds. The molecule has 5 atom stereocenters. The Kier molecular flexibility index (Phi) is 74.1. The van der Waals surface area contributed by atoms with Crippen molar-refractivity contribution in [3.63, 3.8) is 0 Å². The predicted molar refractivity (Wildman–Crippen MR) is 426 cm³/mol. The number of hydrogen-bond acceptors (Lipinski definition) is 14. The third kappa shape index (κ3) is 78.6. The summed E-state index contributed by atoms with van der Waals surface area (Å²) in [4.78, 5) is 58.6. The highest BCUT2D eigenvalue weighted by Crippen LogP contribution is 2.45. The van der Waals surface area contributed by atoms with E-state index < -0.39 is 91.5 Å². The molecular weight excluding hydrogens is 1340 g/mol. The molecule has 0 saturated heterocycles. The normalized spacial score (nSPS) is 14.7. The Balaban J connectivity index is 4.38. The quantitative estimate of drug-likeness (QED) is 0.0146. The average Bonchev–Trinajstić information content (AvgIpc) is 0.925. The van der Waals surface area contributed by atoms with Crippen molar-refractivity contribution < 1.29 is 75.8 Å². The number of ether oxygens (including phenoxy) is 3. The largest absolute Gasteiger partial charge is 0.472 e. The molecule has 0 aliphatic rings. The van der Waals surface area contributed by atoms with Gasteiger partial charge in [-0.3, -0.25) is 32.5 Å². The minimum Gasteiger partial charge on any atom is -0.463 e. The second-order valence-electron chi connectivity index (χ2n) is 26.8. The van der Waals surface area contributed by atoms with Crippen molar-refractivity contribution >= 4 is 33.6 Å². The van der Waals surface area contributed by atoms with Crippen LogP contribution >= 0.6 is 15.6 Å². The van der Waals surface area contributed by atoms with Crippen molar-refractivity contribution in [2.45, 2.75) is 347 Å². The smallest absolute Gasteiger partial charge is 0.463 e. The number of carbonyl (C=O) groups is 3. The SMILES string of the molecule is CC/C=C\C/C=C\C/C=C\C/C=C\C/C=C\C/C=C\CCCCCCCCCCCCCCCCCCC(=O)OCC(O)COP(=O)(O)OCC(O)COP(=O)(O)OCC(COC(=O)CCCCCCCC/C=C\C/C=C\C/C=C\C/C=C\CC)OC(=O)CCCCCCC/C=C\CCCCCC. The van der Waals surface area contributed by atoms with Crippen molar-refractivity contribution in [1.29, 1.82) is 0 Å². The topological polar surface area (TPSA) is 231 Å². The minimum absolute atomic E-state index is 0.0900.